The third kappa shape index (κ3) is 26.3. The maximum atomic E-state index is 14.9. The molecule has 2 bridgehead atoms. The number of hydrogen-bond donors (Lipinski definition) is 6. The first-order valence-corrected chi connectivity index (χ1v) is 45.9. The van der Waals surface area contributed by atoms with Gasteiger partial charge in [0.2, 0.25) is 17.6 Å². The third-order valence-corrected chi connectivity index (χ3v) is 25.9. The van der Waals surface area contributed by atoms with Crippen molar-refractivity contribution in [2.24, 2.45) is 35.5 Å². The maximum Gasteiger partial charge on any atom is 0.329 e. The third-order valence-electron chi connectivity index (χ3n) is 25.9. The number of methoxy groups -OCH3 is 3. The zero-order valence-corrected chi connectivity index (χ0v) is 76.7. The molecular formula is C95H132N16O19. The molecule has 1 saturated carbocycles. The number of cyclic esters (lactones) is 1. The first kappa shape index (κ1) is 99.0. The van der Waals surface area contributed by atoms with Gasteiger partial charge in [-0.15, -0.1) is 5.10 Å². The van der Waals surface area contributed by atoms with Gasteiger partial charge in [0.1, 0.15) is 53.5 Å². The summed E-state index contributed by atoms with van der Waals surface area (Å²) in [6.07, 6.45) is 19.9. The predicted molar refractivity (Wildman–Crippen MR) is 485 cm³/mol. The van der Waals surface area contributed by atoms with Crippen LogP contribution >= 0.6 is 0 Å². The number of nitrogens with two attached hydrogens (primary N) is 2. The van der Waals surface area contributed by atoms with Crippen LogP contribution in [0.3, 0.4) is 0 Å². The second-order valence-electron chi connectivity index (χ2n) is 35.5. The van der Waals surface area contributed by atoms with Gasteiger partial charge >= 0.3 is 5.97 Å². The van der Waals surface area contributed by atoms with Crippen LogP contribution in [-0.2, 0) is 97.6 Å². The fourth-order valence-corrected chi connectivity index (χ4v) is 18.2. The van der Waals surface area contributed by atoms with E-state index in [1.165, 1.54) is 18.3 Å². The Labute approximate surface area is 759 Å². The van der Waals surface area contributed by atoms with E-state index in [1.54, 1.807) is 56.5 Å². The number of aryl methyl sites for hydroxylation is 1. The van der Waals surface area contributed by atoms with Crippen molar-refractivity contribution in [1.82, 2.24) is 64.8 Å². The van der Waals surface area contributed by atoms with Gasteiger partial charge in [0, 0.05) is 134 Å². The van der Waals surface area contributed by atoms with E-state index in [9.17, 15) is 44.1 Å². The summed E-state index contributed by atoms with van der Waals surface area (Å²) in [6, 6.07) is 12.2. The van der Waals surface area contributed by atoms with Crippen LogP contribution in [0.15, 0.2) is 119 Å². The predicted octanol–water partition coefficient (Wildman–Crippen LogP) is 9.29. The fraction of sp³-hybridized carbons (Fsp3) is 0.600. The number of Topliss-reactive ketones (excluding diaryl/α,β-unsaturated/α-hetero) is 3. The molecule has 2 aromatic carbocycles. The monoisotopic (exact) mass is 1800 g/mol. The van der Waals surface area contributed by atoms with E-state index in [4.69, 9.17) is 73.6 Å². The summed E-state index contributed by atoms with van der Waals surface area (Å²) < 4.78 is 63.3. The first-order chi connectivity index (χ1) is 62.7. The van der Waals surface area contributed by atoms with Crippen molar-refractivity contribution in [2.45, 2.75) is 232 Å². The molecule has 3 saturated heterocycles. The molecule has 9 heterocycles. The van der Waals surface area contributed by atoms with E-state index < -0.39 is 83.7 Å². The lowest BCUT2D eigenvalue weighted by Gasteiger charge is -2.42. The number of aliphatic hydroxyl groups excluding tert-OH is 2. The molecule has 35 nitrogen and oxygen atoms in total. The number of aliphatic hydroxyl groups is 3. The number of hydrogen-bond acceptors (Lipinski definition) is 31. The second kappa shape index (κ2) is 47.9. The lowest BCUT2D eigenvalue weighted by atomic mass is 9.78. The number of oxazole rings is 1. The van der Waals surface area contributed by atoms with Crippen LogP contribution < -0.4 is 21.7 Å². The molecule has 4 fully saturated rings. The lowest BCUT2D eigenvalue weighted by Crippen LogP contribution is -2.61. The van der Waals surface area contributed by atoms with E-state index in [2.05, 4.69) is 46.4 Å². The second-order valence-corrected chi connectivity index (χ2v) is 35.5. The highest BCUT2D eigenvalue weighted by atomic mass is 16.6. The Morgan fingerprint density at radius 1 is 0.785 bits per heavy atom. The number of fused-ring (bicyclic) bond motifs is 5. The number of esters is 1. The van der Waals surface area contributed by atoms with Crippen molar-refractivity contribution < 1.29 is 91.1 Å². The van der Waals surface area contributed by atoms with Gasteiger partial charge in [-0.25, -0.2) is 34.1 Å². The quantitative estimate of drug-likeness (QED) is 0.00989. The Balaban J connectivity index is 0.567. The first-order valence-electron chi connectivity index (χ1n) is 45.9. The molecule has 0 radical (unpaired) electrons. The van der Waals surface area contributed by atoms with Gasteiger partial charge in [0.05, 0.1) is 101 Å². The van der Waals surface area contributed by atoms with Gasteiger partial charge < -0.3 is 89.0 Å². The number of nitrogen functional groups attached to an aromatic ring is 2. The molecule has 12 rings (SSSR count). The molecule has 16 atom stereocenters. The summed E-state index contributed by atoms with van der Waals surface area (Å²) in [5.41, 5.74) is 19.9. The van der Waals surface area contributed by atoms with E-state index in [1.807, 2.05) is 107 Å². The molecule has 2 amide bonds. The summed E-state index contributed by atoms with van der Waals surface area (Å²) in [4.78, 5) is 113. The van der Waals surface area contributed by atoms with Crippen LogP contribution in [-0.4, -0.2) is 271 Å². The normalized spacial score (nSPS) is 27.6. The zero-order valence-electron chi connectivity index (χ0n) is 76.7. The van der Waals surface area contributed by atoms with Gasteiger partial charge in [-0.05, 0) is 155 Å². The summed E-state index contributed by atoms with van der Waals surface area (Å²) in [5, 5.41) is 51.7. The number of aromatic nitrogens is 10. The van der Waals surface area contributed by atoms with E-state index in [-0.39, 0.29) is 92.6 Å². The average molecular weight is 1800 g/mol. The van der Waals surface area contributed by atoms with Crippen molar-refractivity contribution >= 4 is 75.0 Å². The molecule has 2 unspecified atom stereocenters. The number of piperidine rings is 1. The van der Waals surface area contributed by atoms with Crippen LogP contribution in [0.1, 0.15) is 156 Å². The standard InChI is InChI=1S/C95H132N16O19/c1-59-19-12-11-13-20-60(2)79(121-8)49-73-27-24-65(7)95(120,130-73)88(117)91(118)110-32-16-14-23-75(110)92(119)128-80(50-76(113)61(3)44-64(6)86(116)87(123-10)85(115)63(5)43-59)62(4)45-66-25-28-78(81(47-66)122-9)127-57-67-21-18-22-68(46-67)70-51-99-94(100-52-70)108-35-34-107(72(55-108)56-112)53-71-54-109(106-104-71)36-38-125-40-42-126-41-39-124-37-30-82(114)98-31-15-17-33-111-90-83(89(96)101-58-102-90)84(105-111)69-26-29-77-74(48-69)103-93(97)129-77/h11-13,18-22,26,29,44,46,48,51-52,54,58-59,61-63,65-66,72-73,75,78-81,86-87,112,116,120H,14-17,23-25,27-28,30-43,45,47,49-50,53,55-57H2,1-10H3,(H2,97,103)(H,98,114)(H2,96,101,102)/b13-11+,19-12+,60-20+,64-44+/t59-,61-,62-,63-,65-,66+,72?,73+,75+,78-,79+,80?,81-,86-,87+,95-/m1/s1. The number of amides is 2. The number of ketones is 3. The number of carbonyl (C=O) groups excluding carboxylic acids is 6. The summed E-state index contributed by atoms with van der Waals surface area (Å²) in [5.74, 6) is -7.61. The van der Waals surface area contributed by atoms with Crippen molar-refractivity contribution in [2.75, 3.05) is 117 Å². The smallest absolute Gasteiger partial charge is 0.329 e. The highest BCUT2D eigenvalue weighted by Gasteiger charge is 2.53. The molecule has 8 N–H and O–H groups in total. The van der Waals surface area contributed by atoms with Crippen molar-refractivity contribution in [1.29, 1.82) is 0 Å². The average Bonchev–Trinajstić information content (AvgIpc) is 1.54. The Morgan fingerprint density at radius 3 is 2.34 bits per heavy atom. The van der Waals surface area contributed by atoms with Gasteiger partial charge in [0.25, 0.3) is 17.7 Å². The number of ether oxygens (including phenoxy) is 9. The minimum Gasteiger partial charge on any atom is -0.460 e. The number of unbranched alkanes of at least 4 members (excludes halogenated alkanes) is 1. The molecule has 706 valence electrons. The number of benzene rings is 2. The topological polar surface area (TPSA) is 446 Å². The Bertz CT molecular complexity index is 5040. The minimum absolute atomic E-state index is 0.0143. The molecule has 7 aromatic rings. The lowest BCUT2D eigenvalue weighted by molar-refractivity contribution is -0.265. The Morgan fingerprint density at radius 2 is 1.57 bits per heavy atom. The molecule has 5 aromatic heterocycles. The molecule has 35 heteroatoms. The largest absolute Gasteiger partial charge is 0.460 e. The van der Waals surface area contributed by atoms with Crippen LogP contribution in [0.4, 0.5) is 17.8 Å². The minimum atomic E-state index is -2.48. The van der Waals surface area contributed by atoms with Gasteiger partial charge in [-0.2, -0.15) is 10.1 Å². The number of carbonyl (C=O) groups is 6. The summed E-state index contributed by atoms with van der Waals surface area (Å²) in [7, 11) is 4.63. The number of piperazine rings is 1. The highest BCUT2D eigenvalue weighted by Crippen LogP contribution is 2.40. The number of nitrogens with one attached hydrogen (secondary N) is 1. The SMILES string of the molecule is CO[C@H]1C[C@@H]2CC[C@@H](C)[C@@](O)(O2)C(=O)C(=O)N2CCCC[C@H]2C(=O)OC([C@H](C)C[C@@H]2CC[C@@H](OCc3cccc(-c4cnc(N5CCN(Cc6cn(CCOCCOCCOCCC(=O)NCCCCn7nc(-c8ccc9oc(N)nc9c8)c8c(N)ncnc87)nn6)C(CO)C5)nc4)c3)[C@H](OC)C2)CC(=O)[C@H](C)/C=C(\C)[C@@H](O)[C@@H](OC)C(=O)[C@H](C)C[C@H](C)/C=C/C=C/C=C/1C. The summed E-state index contributed by atoms with van der Waals surface area (Å²) >= 11 is 0. The number of allylic oxidation sites excluding steroid dienone is 6. The van der Waals surface area contributed by atoms with Crippen molar-refractivity contribution in [3.05, 3.63) is 126 Å². The van der Waals surface area contributed by atoms with Gasteiger partial charge in [0.15, 0.2) is 17.0 Å². The number of rotatable bonds is 32. The maximum absolute atomic E-state index is 14.9. The van der Waals surface area contributed by atoms with Crippen molar-refractivity contribution in [3.63, 3.8) is 0 Å². The Hall–Kier alpha value is -10.0. The number of anilines is 3. The van der Waals surface area contributed by atoms with E-state index >= 15 is 0 Å². The van der Waals surface area contributed by atoms with Crippen LogP contribution in [0.2, 0.25) is 0 Å². The molecule has 1 aliphatic carbocycles. The van der Waals surface area contributed by atoms with Crippen LogP contribution in [0.25, 0.3) is 44.5 Å². The van der Waals surface area contributed by atoms with Crippen LogP contribution in [0.5, 0.6) is 0 Å². The molecular weight excluding hydrogens is 1670 g/mol. The molecule has 0 spiro atoms. The van der Waals surface area contributed by atoms with Crippen LogP contribution in [0, 0.1) is 35.5 Å². The fourth-order valence-electron chi connectivity index (χ4n) is 18.2. The van der Waals surface area contributed by atoms with E-state index in [0.717, 1.165) is 52.8 Å². The molecule has 5 aliphatic rings. The number of nitrogens with zero attached hydrogens (tertiary/aromatic N) is 13. The molecule has 130 heavy (non-hydrogen) atoms. The van der Waals surface area contributed by atoms with E-state index in [0.29, 0.717) is 188 Å². The molecule has 4 aliphatic heterocycles. The Kier molecular flexibility index (Phi) is 36.5. The zero-order chi connectivity index (χ0) is 92.5. The van der Waals surface area contributed by atoms with Gasteiger partial charge in [-0.1, -0.05) is 94.5 Å². The van der Waals surface area contributed by atoms with Crippen molar-refractivity contribution in [3.8, 4) is 22.4 Å². The summed E-state index contributed by atoms with van der Waals surface area (Å²) in [6.45, 7) is 18.9. The highest BCUT2D eigenvalue weighted by molar-refractivity contribution is 6.39. The van der Waals surface area contributed by atoms with Gasteiger partial charge in [-0.3, -0.25) is 28.9 Å².